The maximum absolute atomic E-state index is 13.1. The molecule has 0 fully saturated rings. The predicted octanol–water partition coefficient (Wildman–Crippen LogP) is 0.0120. The molecule has 2 aliphatic heterocycles. The number of fused-ring (bicyclic) bond motifs is 2. The summed E-state index contributed by atoms with van der Waals surface area (Å²) < 4.78 is 35.4. The first-order valence-electron chi connectivity index (χ1n) is 7.68. The number of hydrogen-bond donors (Lipinski definition) is 3. The van der Waals surface area contributed by atoms with E-state index >= 15 is 0 Å². The van der Waals surface area contributed by atoms with Crippen LogP contribution in [0.1, 0.15) is 5.69 Å². The Balaban J connectivity index is 0.000000184. The summed E-state index contributed by atoms with van der Waals surface area (Å²) in [6, 6.07) is 2.27. The molecule has 0 atom stereocenters. The van der Waals surface area contributed by atoms with Crippen molar-refractivity contribution in [3.63, 3.8) is 0 Å². The van der Waals surface area contributed by atoms with E-state index in [0.717, 1.165) is 12.3 Å². The summed E-state index contributed by atoms with van der Waals surface area (Å²) in [4.78, 5) is 45.2. The van der Waals surface area contributed by atoms with E-state index in [9.17, 15) is 18.4 Å². The lowest BCUT2D eigenvalue weighted by Crippen LogP contribution is -2.26. The van der Waals surface area contributed by atoms with E-state index in [4.69, 9.17) is 24.2 Å². The second kappa shape index (κ2) is 9.82. The second-order valence-electron chi connectivity index (χ2n) is 5.18. The number of nitrogens with one attached hydrogen (secondary N) is 2. The van der Waals surface area contributed by atoms with Gasteiger partial charge in [0.1, 0.15) is 11.5 Å². The molecule has 0 bridgehead atoms. The lowest BCUT2D eigenvalue weighted by Gasteiger charge is -2.17. The molecule has 4 heterocycles. The Bertz CT molecular complexity index is 965. The fraction of sp³-hybridized carbons (Fsp3) is 0.188. The minimum atomic E-state index is -0.651. The van der Waals surface area contributed by atoms with Gasteiger partial charge in [-0.15, -0.1) is 0 Å². The predicted molar refractivity (Wildman–Crippen MR) is 87.6 cm³/mol. The molecule has 0 radical (unpaired) electrons. The standard InChI is InChI=1S/C8H7FN2O3.C7H5FN2O2.CO2/c9-4-1-6-8(10-5(4)2-12)11-7(13)3-14-6;8-4-1-5-7(9-2-4)10-6(11)3-12-5;2-1-3/h1,12H,2-3H2,(H,10,11,13);1-2H,3H2,(H,9,10,11);. The average Bonchev–Trinajstić information content (AvgIpc) is 2.69. The van der Waals surface area contributed by atoms with Gasteiger partial charge in [-0.1, -0.05) is 0 Å². The Hall–Kier alpha value is -3.96. The third-order valence-electron chi connectivity index (χ3n) is 3.22. The largest absolute Gasteiger partial charge is 0.480 e. The van der Waals surface area contributed by atoms with Crippen molar-refractivity contribution in [3.8, 4) is 11.5 Å². The molecule has 0 unspecified atom stereocenters. The number of aliphatic hydroxyl groups excluding tert-OH is 1. The zero-order chi connectivity index (χ0) is 21.4. The number of ether oxygens (including phenoxy) is 2. The molecule has 0 saturated heterocycles. The third kappa shape index (κ3) is 5.76. The molecule has 0 spiro atoms. The first-order chi connectivity index (χ1) is 13.9. The third-order valence-corrected chi connectivity index (χ3v) is 3.22. The zero-order valence-electron chi connectivity index (χ0n) is 14.4. The van der Waals surface area contributed by atoms with Gasteiger partial charge in [-0.25, -0.2) is 18.7 Å². The van der Waals surface area contributed by atoms with Crippen molar-refractivity contribution in [3.05, 3.63) is 35.7 Å². The Morgan fingerprint density at radius 2 is 1.59 bits per heavy atom. The van der Waals surface area contributed by atoms with Gasteiger partial charge in [-0.05, 0) is 0 Å². The SMILES string of the molecule is O=C1COc2cc(F)c(CO)nc2N1.O=C1COc2cc(F)cnc2N1.O=C=O. The highest BCUT2D eigenvalue weighted by atomic mass is 19.1. The molecule has 0 aromatic carbocycles. The summed E-state index contributed by atoms with van der Waals surface area (Å²) in [5.74, 6) is -0.886. The van der Waals surface area contributed by atoms with Crippen molar-refractivity contribution < 1.29 is 42.5 Å². The molecule has 2 aliphatic rings. The van der Waals surface area contributed by atoms with Gasteiger partial charge in [-0.3, -0.25) is 9.59 Å². The van der Waals surface area contributed by atoms with Gasteiger partial charge in [0.15, 0.2) is 42.2 Å². The number of hydrogen-bond acceptors (Lipinski definition) is 9. The summed E-state index contributed by atoms with van der Waals surface area (Å²) >= 11 is 0. The van der Waals surface area contributed by atoms with Crippen LogP contribution in [-0.2, 0) is 25.8 Å². The number of amides is 2. The lowest BCUT2D eigenvalue weighted by atomic mass is 10.3. The summed E-state index contributed by atoms with van der Waals surface area (Å²) in [7, 11) is 0. The highest BCUT2D eigenvalue weighted by Gasteiger charge is 2.20. The highest BCUT2D eigenvalue weighted by Crippen LogP contribution is 2.27. The lowest BCUT2D eigenvalue weighted by molar-refractivity contribution is -0.191. The van der Waals surface area contributed by atoms with Crippen molar-refractivity contribution in [2.45, 2.75) is 6.61 Å². The number of anilines is 2. The smallest absolute Gasteiger partial charge is 0.373 e. The quantitative estimate of drug-likeness (QED) is 0.589. The molecule has 29 heavy (non-hydrogen) atoms. The van der Waals surface area contributed by atoms with Crippen LogP contribution < -0.4 is 20.1 Å². The first-order valence-corrected chi connectivity index (χ1v) is 7.68. The summed E-state index contributed by atoms with van der Waals surface area (Å²) in [5, 5.41) is 13.6. The maximum Gasteiger partial charge on any atom is 0.373 e. The van der Waals surface area contributed by atoms with Gasteiger partial charge in [0.2, 0.25) is 0 Å². The summed E-state index contributed by atoms with van der Waals surface area (Å²) in [6.45, 7) is -0.750. The minimum Gasteiger partial charge on any atom is -0.480 e. The molecule has 11 nitrogen and oxygen atoms in total. The van der Waals surface area contributed by atoms with Gasteiger partial charge in [0.05, 0.1) is 12.8 Å². The van der Waals surface area contributed by atoms with E-state index in [1.807, 2.05) is 0 Å². The Morgan fingerprint density at radius 3 is 2.17 bits per heavy atom. The van der Waals surface area contributed by atoms with Gasteiger partial charge in [0, 0.05) is 12.1 Å². The number of pyridine rings is 2. The monoisotopic (exact) mass is 410 g/mol. The molecule has 2 amide bonds. The van der Waals surface area contributed by atoms with Gasteiger partial charge in [0.25, 0.3) is 11.8 Å². The Kier molecular flexibility index (Phi) is 7.23. The summed E-state index contributed by atoms with van der Waals surface area (Å²) in [5.41, 5.74) is -0.116. The van der Waals surface area contributed by atoms with Crippen LogP contribution >= 0.6 is 0 Å². The maximum atomic E-state index is 13.1. The number of aliphatic hydroxyl groups is 1. The molecule has 13 heteroatoms. The number of aromatic nitrogens is 2. The second-order valence-corrected chi connectivity index (χ2v) is 5.18. The molecular formula is C16H12F2N4O7. The van der Waals surface area contributed by atoms with E-state index in [-0.39, 0.29) is 60.0 Å². The van der Waals surface area contributed by atoms with Crippen LogP contribution in [0.2, 0.25) is 0 Å². The first kappa shape index (κ1) is 21.3. The molecule has 4 rings (SSSR count). The Labute approximate surface area is 160 Å². The fourth-order valence-electron chi connectivity index (χ4n) is 2.07. The minimum absolute atomic E-state index is 0.0852. The van der Waals surface area contributed by atoms with Crippen LogP contribution in [0.15, 0.2) is 18.3 Å². The number of nitrogens with zero attached hydrogens (tertiary/aromatic N) is 2. The molecule has 152 valence electrons. The van der Waals surface area contributed by atoms with Crippen molar-refractivity contribution in [1.82, 2.24) is 9.97 Å². The topological polar surface area (TPSA) is 157 Å². The van der Waals surface area contributed by atoms with E-state index in [1.54, 1.807) is 0 Å². The van der Waals surface area contributed by atoms with E-state index in [2.05, 4.69) is 20.6 Å². The van der Waals surface area contributed by atoms with E-state index in [1.165, 1.54) is 6.07 Å². The van der Waals surface area contributed by atoms with Gasteiger partial charge < -0.3 is 25.2 Å². The number of halogens is 2. The molecule has 2 aromatic heterocycles. The molecule has 0 aliphatic carbocycles. The van der Waals surface area contributed by atoms with Crippen LogP contribution in [-0.4, -0.2) is 46.3 Å². The normalized spacial score (nSPS) is 13.2. The van der Waals surface area contributed by atoms with Gasteiger partial charge in [-0.2, -0.15) is 9.59 Å². The number of carbonyl (C=O) groups excluding carboxylic acids is 4. The van der Waals surface area contributed by atoms with Crippen LogP contribution in [0.3, 0.4) is 0 Å². The van der Waals surface area contributed by atoms with Crippen molar-refractivity contribution in [2.24, 2.45) is 0 Å². The highest BCUT2D eigenvalue weighted by molar-refractivity contribution is 5.94. The van der Waals surface area contributed by atoms with Crippen LogP contribution in [0.5, 0.6) is 11.5 Å². The van der Waals surface area contributed by atoms with Crippen LogP contribution in [0.25, 0.3) is 0 Å². The molecular weight excluding hydrogens is 398 g/mol. The van der Waals surface area contributed by atoms with Crippen LogP contribution in [0.4, 0.5) is 20.4 Å². The van der Waals surface area contributed by atoms with E-state index in [0.29, 0.717) is 0 Å². The molecule has 2 aromatic rings. The molecule has 0 saturated carbocycles. The zero-order valence-corrected chi connectivity index (χ0v) is 14.4. The average molecular weight is 410 g/mol. The number of carbonyl (C=O) groups is 2. The molecule has 3 N–H and O–H groups in total. The van der Waals surface area contributed by atoms with Crippen molar-refractivity contribution in [2.75, 3.05) is 23.8 Å². The Morgan fingerprint density at radius 1 is 1.03 bits per heavy atom. The van der Waals surface area contributed by atoms with Crippen LogP contribution in [0, 0.1) is 11.6 Å². The van der Waals surface area contributed by atoms with Crippen molar-refractivity contribution >= 4 is 29.6 Å². The fourth-order valence-corrected chi connectivity index (χ4v) is 2.07. The number of rotatable bonds is 1. The van der Waals surface area contributed by atoms with Crippen molar-refractivity contribution in [1.29, 1.82) is 0 Å². The van der Waals surface area contributed by atoms with E-state index < -0.39 is 18.2 Å². The van der Waals surface area contributed by atoms with Gasteiger partial charge >= 0.3 is 6.15 Å². The summed E-state index contributed by atoms with van der Waals surface area (Å²) in [6.07, 6.45) is 1.27.